The standard InChI is InChI=1S/C15H13F4N3O/c1-2-8-5-3-4-6-9(8)21-10(23)7-20-13-11(16)14(18)22-15(19)12(13)17/h3-6H,2,7H2,1H3,(H,20,22)(H,21,23). The Bertz CT molecular complexity index is 711. The second-order valence-electron chi connectivity index (χ2n) is 4.61. The lowest BCUT2D eigenvalue weighted by molar-refractivity contribution is -0.114. The highest BCUT2D eigenvalue weighted by atomic mass is 19.2. The molecule has 0 atom stereocenters. The second-order valence-corrected chi connectivity index (χ2v) is 4.61. The van der Waals surface area contributed by atoms with E-state index in [1.807, 2.05) is 18.3 Å². The fourth-order valence-corrected chi connectivity index (χ4v) is 1.96. The lowest BCUT2D eigenvalue weighted by Crippen LogP contribution is -2.24. The number of halogens is 4. The molecular weight excluding hydrogens is 314 g/mol. The Balaban J connectivity index is 2.08. The fourth-order valence-electron chi connectivity index (χ4n) is 1.96. The van der Waals surface area contributed by atoms with E-state index >= 15 is 0 Å². The molecule has 0 saturated heterocycles. The molecule has 1 amide bonds. The molecule has 23 heavy (non-hydrogen) atoms. The van der Waals surface area contributed by atoms with Crippen LogP contribution in [0.15, 0.2) is 24.3 Å². The zero-order valence-electron chi connectivity index (χ0n) is 12.1. The zero-order valence-corrected chi connectivity index (χ0v) is 12.1. The van der Waals surface area contributed by atoms with Gasteiger partial charge in [-0.2, -0.15) is 22.5 Å². The van der Waals surface area contributed by atoms with Gasteiger partial charge in [-0.1, -0.05) is 25.1 Å². The van der Waals surface area contributed by atoms with Crippen LogP contribution in [0.5, 0.6) is 0 Å². The van der Waals surface area contributed by atoms with Crippen LogP contribution in [-0.2, 0) is 11.2 Å². The average molecular weight is 327 g/mol. The maximum Gasteiger partial charge on any atom is 0.253 e. The molecular formula is C15H13F4N3O. The van der Waals surface area contributed by atoms with Gasteiger partial charge in [0.2, 0.25) is 17.5 Å². The van der Waals surface area contributed by atoms with Crippen LogP contribution in [-0.4, -0.2) is 17.4 Å². The van der Waals surface area contributed by atoms with Crippen molar-refractivity contribution in [3.05, 3.63) is 53.4 Å². The largest absolute Gasteiger partial charge is 0.371 e. The van der Waals surface area contributed by atoms with Gasteiger partial charge < -0.3 is 10.6 Å². The van der Waals surface area contributed by atoms with Crippen LogP contribution in [0.4, 0.5) is 28.9 Å². The van der Waals surface area contributed by atoms with Crippen molar-refractivity contribution in [3.8, 4) is 0 Å². The summed E-state index contributed by atoms with van der Waals surface area (Å²) in [7, 11) is 0. The number of hydrogen-bond acceptors (Lipinski definition) is 3. The van der Waals surface area contributed by atoms with Crippen molar-refractivity contribution in [2.75, 3.05) is 17.2 Å². The first-order valence-electron chi connectivity index (χ1n) is 6.75. The van der Waals surface area contributed by atoms with Crippen LogP contribution in [0.1, 0.15) is 12.5 Å². The maximum absolute atomic E-state index is 13.4. The normalized spacial score (nSPS) is 10.5. The number of rotatable bonds is 5. The van der Waals surface area contributed by atoms with E-state index in [-0.39, 0.29) is 0 Å². The molecule has 0 fully saturated rings. The van der Waals surface area contributed by atoms with Gasteiger partial charge in [0.05, 0.1) is 6.54 Å². The lowest BCUT2D eigenvalue weighted by atomic mass is 10.1. The lowest BCUT2D eigenvalue weighted by Gasteiger charge is -2.12. The average Bonchev–Trinajstić information content (AvgIpc) is 2.53. The van der Waals surface area contributed by atoms with Gasteiger partial charge in [-0.15, -0.1) is 0 Å². The van der Waals surface area contributed by atoms with Crippen LogP contribution < -0.4 is 10.6 Å². The zero-order chi connectivity index (χ0) is 17.0. The van der Waals surface area contributed by atoms with Gasteiger partial charge in [-0.25, -0.2) is 0 Å². The minimum absolute atomic E-state index is 0.551. The van der Waals surface area contributed by atoms with Crippen molar-refractivity contribution in [2.45, 2.75) is 13.3 Å². The summed E-state index contributed by atoms with van der Waals surface area (Å²) in [6.07, 6.45) is 0.675. The number of aromatic nitrogens is 1. The van der Waals surface area contributed by atoms with Gasteiger partial charge in [0, 0.05) is 5.69 Å². The number of benzene rings is 1. The van der Waals surface area contributed by atoms with Crippen molar-refractivity contribution in [3.63, 3.8) is 0 Å². The van der Waals surface area contributed by atoms with Crippen molar-refractivity contribution >= 4 is 17.3 Å². The van der Waals surface area contributed by atoms with Crippen molar-refractivity contribution in [1.29, 1.82) is 0 Å². The van der Waals surface area contributed by atoms with E-state index < -0.39 is 41.7 Å². The topological polar surface area (TPSA) is 54.0 Å². The van der Waals surface area contributed by atoms with E-state index in [0.29, 0.717) is 12.1 Å². The number of para-hydroxylation sites is 1. The predicted molar refractivity (Wildman–Crippen MR) is 77.0 cm³/mol. The Labute approximate surface area is 129 Å². The molecule has 0 radical (unpaired) electrons. The summed E-state index contributed by atoms with van der Waals surface area (Å²) < 4.78 is 52.7. The molecule has 4 nitrogen and oxygen atoms in total. The first-order valence-corrected chi connectivity index (χ1v) is 6.75. The summed E-state index contributed by atoms with van der Waals surface area (Å²) in [5, 5.41) is 4.59. The van der Waals surface area contributed by atoms with Gasteiger partial charge in [0.1, 0.15) is 5.69 Å². The quantitative estimate of drug-likeness (QED) is 0.655. The van der Waals surface area contributed by atoms with Crippen LogP contribution in [0.25, 0.3) is 0 Å². The van der Waals surface area contributed by atoms with Crippen molar-refractivity contribution < 1.29 is 22.4 Å². The molecule has 2 aromatic rings. The fraction of sp³-hybridized carbons (Fsp3) is 0.200. The molecule has 0 aliphatic rings. The Morgan fingerprint density at radius 1 is 1.09 bits per heavy atom. The summed E-state index contributed by atoms with van der Waals surface area (Å²) in [6, 6.07) is 7.01. The Hall–Kier alpha value is -2.64. The predicted octanol–water partition coefficient (Wildman–Crippen LogP) is 3.25. The molecule has 2 N–H and O–H groups in total. The van der Waals surface area contributed by atoms with E-state index in [1.54, 1.807) is 18.2 Å². The van der Waals surface area contributed by atoms with Gasteiger partial charge in [0.25, 0.3) is 11.9 Å². The highest BCUT2D eigenvalue weighted by molar-refractivity contribution is 5.94. The minimum Gasteiger partial charge on any atom is -0.371 e. The molecule has 1 aromatic heterocycles. The van der Waals surface area contributed by atoms with Gasteiger partial charge in [-0.05, 0) is 18.1 Å². The number of aryl methyl sites for hydroxylation is 1. The van der Waals surface area contributed by atoms with Crippen LogP contribution >= 0.6 is 0 Å². The summed E-state index contributed by atoms with van der Waals surface area (Å²) in [5.74, 6) is -7.58. The molecule has 1 heterocycles. The summed E-state index contributed by atoms with van der Waals surface area (Å²) in [4.78, 5) is 14.3. The first-order chi connectivity index (χ1) is 10.9. The summed E-state index contributed by atoms with van der Waals surface area (Å²) >= 11 is 0. The SMILES string of the molecule is CCc1ccccc1NC(=O)CNc1c(F)c(F)nc(F)c1F. The molecule has 0 saturated carbocycles. The molecule has 0 bridgehead atoms. The third-order valence-electron chi connectivity index (χ3n) is 3.10. The van der Waals surface area contributed by atoms with Gasteiger partial charge >= 0.3 is 0 Å². The molecule has 8 heteroatoms. The molecule has 0 unspecified atom stereocenters. The van der Waals surface area contributed by atoms with E-state index in [4.69, 9.17) is 0 Å². The third kappa shape index (κ3) is 3.77. The monoisotopic (exact) mass is 327 g/mol. The van der Waals surface area contributed by atoms with Crippen LogP contribution in [0.3, 0.4) is 0 Å². The van der Waals surface area contributed by atoms with E-state index in [9.17, 15) is 22.4 Å². The van der Waals surface area contributed by atoms with E-state index in [2.05, 4.69) is 10.3 Å². The van der Waals surface area contributed by atoms with Gasteiger partial charge in [-0.3, -0.25) is 4.79 Å². The van der Waals surface area contributed by atoms with E-state index in [0.717, 1.165) is 5.56 Å². The number of amides is 1. The molecule has 0 spiro atoms. The second kappa shape index (κ2) is 7.08. The number of nitrogens with zero attached hydrogens (tertiary/aromatic N) is 1. The third-order valence-corrected chi connectivity index (χ3v) is 3.10. The number of carbonyl (C=O) groups is 1. The number of nitrogens with one attached hydrogen (secondary N) is 2. The van der Waals surface area contributed by atoms with Crippen LogP contribution in [0.2, 0.25) is 0 Å². The Kier molecular flexibility index (Phi) is 5.15. The number of carbonyl (C=O) groups excluding carboxylic acids is 1. The smallest absolute Gasteiger partial charge is 0.253 e. The Morgan fingerprint density at radius 2 is 1.70 bits per heavy atom. The number of pyridine rings is 1. The van der Waals surface area contributed by atoms with Crippen molar-refractivity contribution in [2.24, 2.45) is 0 Å². The summed E-state index contributed by atoms with van der Waals surface area (Å²) in [5.41, 5.74) is 0.350. The molecule has 0 aliphatic carbocycles. The highest BCUT2D eigenvalue weighted by Crippen LogP contribution is 2.22. The molecule has 1 aromatic carbocycles. The molecule has 122 valence electrons. The number of hydrogen-bond donors (Lipinski definition) is 2. The Morgan fingerprint density at radius 3 is 2.30 bits per heavy atom. The maximum atomic E-state index is 13.4. The molecule has 2 rings (SSSR count). The molecule has 0 aliphatic heterocycles. The minimum atomic E-state index is -1.79. The van der Waals surface area contributed by atoms with Gasteiger partial charge in [0.15, 0.2) is 0 Å². The highest BCUT2D eigenvalue weighted by Gasteiger charge is 2.21. The van der Waals surface area contributed by atoms with Crippen molar-refractivity contribution in [1.82, 2.24) is 4.98 Å². The first kappa shape index (κ1) is 16.7. The van der Waals surface area contributed by atoms with E-state index in [1.165, 1.54) is 0 Å². The summed E-state index contributed by atoms with van der Waals surface area (Å²) in [6.45, 7) is 1.32. The van der Waals surface area contributed by atoms with Crippen LogP contribution in [0, 0.1) is 23.5 Å². The number of anilines is 2.